The quantitative estimate of drug-likeness (QED) is 0.855. The van der Waals surface area contributed by atoms with Gasteiger partial charge in [0.05, 0.1) is 0 Å². The lowest BCUT2D eigenvalue weighted by Crippen LogP contribution is -2.49. The molecule has 5 heteroatoms. The van der Waals surface area contributed by atoms with Crippen molar-refractivity contribution >= 4 is 17.9 Å². The van der Waals surface area contributed by atoms with Crippen LogP contribution in [0.3, 0.4) is 0 Å². The average molecular weight is 329 g/mol. The minimum absolute atomic E-state index is 0.161. The Hall–Kier alpha value is -0.420. The van der Waals surface area contributed by atoms with Crippen molar-refractivity contribution in [2.75, 3.05) is 18.8 Å². The van der Waals surface area contributed by atoms with Crippen molar-refractivity contribution < 1.29 is 9.53 Å². The second-order valence-corrected chi connectivity index (χ2v) is 8.96. The van der Waals surface area contributed by atoms with Gasteiger partial charge in [0.25, 0.3) is 0 Å². The van der Waals surface area contributed by atoms with Crippen LogP contribution in [-0.4, -0.2) is 52.8 Å². The summed E-state index contributed by atoms with van der Waals surface area (Å²) in [6.45, 7) is 9.63. The van der Waals surface area contributed by atoms with Crippen LogP contribution in [0.5, 0.6) is 0 Å². The number of thioether (sulfide) groups is 1. The minimum Gasteiger partial charge on any atom is -0.444 e. The van der Waals surface area contributed by atoms with Gasteiger partial charge in [-0.25, -0.2) is 4.79 Å². The lowest BCUT2D eigenvalue weighted by atomic mass is 10.0. The molecule has 4 nitrogen and oxygen atoms in total. The van der Waals surface area contributed by atoms with E-state index < -0.39 is 5.60 Å². The van der Waals surface area contributed by atoms with Crippen LogP contribution in [0.15, 0.2) is 0 Å². The van der Waals surface area contributed by atoms with E-state index in [0.717, 1.165) is 31.2 Å². The summed E-state index contributed by atoms with van der Waals surface area (Å²) in [7, 11) is 0. The van der Waals surface area contributed by atoms with Crippen LogP contribution in [0.2, 0.25) is 0 Å². The van der Waals surface area contributed by atoms with E-state index in [1.165, 1.54) is 25.0 Å². The van der Waals surface area contributed by atoms with Crippen LogP contribution >= 0.6 is 11.8 Å². The molecule has 1 aliphatic heterocycles. The molecule has 0 aromatic rings. The minimum atomic E-state index is -0.402. The Bertz CT molecular complexity index is 362. The zero-order valence-electron chi connectivity index (χ0n) is 14.6. The van der Waals surface area contributed by atoms with Gasteiger partial charge in [-0.3, -0.25) is 0 Å². The van der Waals surface area contributed by atoms with Gasteiger partial charge in [-0.05, 0) is 52.2 Å². The molecule has 128 valence electrons. The van der Waals surface area contributed by atoms with Crippen molar-refractivity contribution in [1.29, 1.82) is 0 Å². The maximum absolute atomic E-state index is 12.1. The molecule has 2 fully saturated rings. The molecule has 2 aliphatic rings. The largest absolute Gasteiger partial charge is 0.444 e. The van der Waals surface area contributed by atoms with E-state index in [4.69, 9.17) is 4.74 Å². The standard InChI is InChI=1S/C17H32N2O2S/c1-5-22-15-8-6-7-14(15)18-13-9-11-19(12-10-13)16(20)21-17(2,3)4/h13-15,18H,5-12H2,1-4H3. The van der Waals surface area contributed by atoms with E-state index >= 15 is 0 Å². The molecule has 1 N–H and O–H groups in total. The van der Waals surface area contributed by atoms with Gasteiger partial charge < -0.3 is 15.0 Å². The monoisotopic (exact) mass is 328 g/mol. The molecule has 1 saturated heterocycles. The van der Waals surface area contributed by atoms with Gasteiger partial charge >= 0.3 is 6.09 Å². The van der Waals surface area contributed by atoms with Gasteiger partial charge in [0, 0.05) is 30.4 Å². The number of rotatable bonds is 4. The highest BCUT2D eigenvalue weighted by Gasteiger charge is 2.31. The van der Waals surface area contributed by atoms with Crippen LogP contribution in [0.25, 0.3) is 0 Å². The van der Waals surface area contributed by atoms with Crippen molar-refractivity contribution in [3.05, 3.63) is 0 Å². The maximum atomic E-state index is 12.1. The summed E-state index contributed by atoms with van der Waals surface area (Å²) in [5, 5.41) is 4.65. The molecule has 1 amide bonds. The molecular formula is C17H32N2O2S. The summed E-state index contributed by atoms with van der Waals surface area (Å²) in [6, 6.07) is 1.23. The molecule has 1 saturated carbocycles. The second-order valence-electron chi connectivity index (χ2n) is 7.44. The Balaban J connectivity index is 1.74. The van der Waals surface area contributed by atoms with E-state index in [1.54, 1.807) is 0 Å². The first-order valence-electron chi connectivity index (χ1n) is 8.74. The van der Waals surface area contributed by atoms with Crippen LogP contribution in [0.4, 0.5) is 4.79 Å². The Morgan fingerprint density at radius 3 is 2.50 bits per heavy atom. The molecule has 0 aromatic carbocycles. The Labute approximate surface area is 139 Å². The summed E-state index contributed by atoms with van der Waals surface area (Å²) in [4.78, 5) is 13.9. The number of hydrogen-bond donors (Lipinski definition) is 1. The molecule has 22 heavy (non-hydrogen) atoms. The molecule has 2 unspecified atom stereocenters. The summed E-state index contributed by atoms with van der Waals surface area (Å²) in [6.07, 6.45) is 5.94. The molecule has 2 rings (SSSR count). The summed E-state index contributed by atoms with van der Waals surface area (Å²) >= 11 is 2.10. The van der Waals surface area contributed by atoms with Crippen LogP contribution < -0.4 is 5.32 Å². The molecule has 1 aliphatic carbocycles. The molecule has 0 spiro atoms. The number of nitrogens with one attached hydrogen (secondary N) is 1. The number of hydrogen-bond acceptors (Lipinski definition) is 4. The Morgan fingerprint density at radius 2 is 1.91 bits per heavy atom. The van der Waals surface area contributed by atoms with Crippen molar-refractivity contribution in [2.24, 2.45) is 0 Å². The van der Waals surface area contributed by atoms with E-state index in [1.807, 2.05) is 25.7 Å². The fourth-order valence-electron chi connectivity index (χ4n) is 3.39. The predicted molar refractivity (Wildman–Crippen MR) is 93.5 cm³/mol. The predicted octanol–water partition coefficient (Wildman–Crippen LogP) is 3.65. The van der Waals surface area contributed by atoms with Gasteiger partial charge in [-0.2, -0.15) is 11.8 Å². The van der Waals surface area contributed by atoms with Gasteiger partial charge in [0.2, 0.25) is 0 Å². The third kappa shape index (κ3) is 5.34. The third-order valence-corrected chi connectivity index (χ3v) is 5.76. The van der Waals surface area contributed by atoms with Crippen molar-refractivity contribution in [3.8, 4) is 0 Å². The van der Waals surface area contributed by atoms with Crippen LogP contribution in [0.1, 0.15) is 59.8 Å². The SMILES string of the molecule is CCSC1CCCC1NC1CCN(C(=O)OC(C)(C)C)CC1. The number of carbonyl (C=O) groups is 1. The second kappa shape index (κ2) is 7.91. The van der Waals surface area contributed by atoms with E-state index in [9.17, 15) is 4.79 Å². The number of ether oxygens (including phenoxy) is 1. The van der Waals surface area contributed by atoms with Crippen molar-refractivity contribution in [2.45, 2.75) is 82.7 Å². The van der Waals surface area contributed by atoms with Gasteiger partial charge in [0.15, 0.2) is 0 Å². The van der Waals surface area contributed by atoms with E-state index in [-0.39, 0.29) is 6.09 Å². The molecule has 1 heterocycles. The number of amides is 1. The van der Waals surface area contributed by atoms with Gasteiger partial charge in [0.1, 0.15) is 5.60 Å². The lowest BCUT2D eigenvalue weighted by molar-refractivity contribution is 0.0196. The first kappa shape index (κ1) is 17.9. The molecule has 0 aromatic heterocycles. The number of nitrogens with zero attached hydrogens (tertiary/aromatic N) is 1. The highest BCUT2D eigenvalue weighted by Crippen LogP contribution is 2.31. The zero-order valence-corrected chi connectivity index (χ0v) is 15.4. The first-order valence-corrected chi connectivity index (χ1v) is 9.79. The highest BCUT2D eigenvalue weighted by molar-refractivity contribution is 7.99. The first-order chi connectivity index (χ1) is 10.4. The number of likely N-dealkylation sites (tertiary alicyclic amines) is 1. The molecular weight excluding hydrogens is 296 g/mol. The highest BCUT2D eigenvalue weighted by atomic mass is 32.2. The van der Waals surface area contributed by atoms with Crippen molar-refractivity contribution in [3.63, 3.8) is 0 Å². The Morgan fingerprint density at radius 1 is 1.23 bits per heavy atom. The fraction of sp³-hybridized carbons (Fsp3) is 0.941. The summed E-state index contributed by atoms with van der Waals surface area (Å²) in [5.74, 6) is 1.21. The topological polar surface area (TPSA) is 41.6 Å². The number of carbonyl (C=O) groups excluding carboxylic acids is 1. The smallest absolute Gasteiger partial charge is 0.410 e. The van der Waals surface area contributed by atoms with Gasteiger partial charge in [-0.15, -0.1) is 0 Å². The number of piperidine rings is 1. The normalized spacial score (nSPS) is 27.2. The van der Waals surface area contributed by atoms with E-state index in [0.29, 0.717) is 12.1 Å². The molecule has 2 atom stereocenters. The zero-order chi connectivity index (χ0) is 16.2. The summed E-state index contributed by atoms with van der Waals surface area (Å²) in [5.41, 5.74) is -0.402. The van der Waals surface area contributed by atoms with E-state index in [2.05, 4.69) is 24.0 Å². The lowest BCUT2D eigenvalue weighted by Gasteiger charge is -2.35. The summed E-state index contributed by atoms with van der Waals surface area (Å²) < 4.78 is 5.46. The van der Waals surface area contributed by atoms with Crippen LogP contribution in [0, 0.1) is 0 Å². The third-order valence-electron chi connectivity index (χ3n) is 4.43. The van der Waals surface area contributed by atoms with Gasteiger partial charge in [-0.1, -0.05) is 13.3 Å². The fourth-order valence-corrected chi connectivity index (χ4v) is 4.60. The van der Waals surface area contributed by atoms with Crippen LogP contribution in [-0.2, 0) is 4.74 Å². The Kier molecular flexibility index (Phi) is 6.45. The molecule has 0 bridgehead atoms. The average Bonchev–Trinajstić information content (AvgIpc) is 2.85. The molecule has 0 radical (unpaired) electrons. The maximum Gasteiger partial charge on any atom is 0.410 e. The van der Waals surface area contributed by atoms with Crippen molar-refractivity contribution in [1.82, 2.24) is 10.2 Å².